The van der Waals surface area contributed by atoms with E-state index in [9.17, 15) is 4.79 Å². The highest BCUT2D eigenvalue weighted by atomic mass is 32.2. The van der Waals surface area contributed by atoms with E-state index in [1.807, 2.05) is 6.26 Å². The Morgan fingerprint density at radius 2 is 2.58 bits per heavy atom. The number of aromatic nitrogens is 2. The van der Waals surface area contributed by atoms with Crippen LogP contribution in [0.15, 0.2) is 17.6 Å². The van der Waals surface area contributed by atoms with Crippen LogP contribution in [0.25, 0.3) is 0 Å². The average molecular weight is 186 g/mol. The molecule has 0 aliphatic heterocycles. The number of hydrogen-bond acceptors (Lipinski definition) is 4. The number of methoxy groups -OCH3 is 1. The second kappa shape index (κ2) is 4.15. The Morgan fingerprint density at radius 3 is 3.17 bits per heavy atom. The normalized spacial score (nSPS) is 9.83. The summed E-state index contributed by atoms with van der Waals surface area (Å²) in [6.07, 6.45) is 5.33. The maximum atomic E-state index is 10.9. The highest BCUT2D eigenvalue weighted by molar-refractivity contribution is 7.98. The fourth-order valence-electron chi connectivity index (χ4n) is 0.809. The van der Waals surface area contributed by atoms with E-state index in [1.54, 1.807) is 17.0 Å². The summed E-state index contributed by atoms with van der Waals surface area (Å²) in [5.74, 6) is -0.261. The molecule has 0 bridgehead atoms. The van der Waals surface area contributed by atoms with Crippen LogP contribution in [0.3, 0.4) is 0 Å². The van der Waals surface area contributed by atoms with Crippen LogP contribution < -0.4 is 0 Å². The minimum atomic E-state index is -0.261. The van der Waals surface area contributed by atoms with Crippen LogP contribution in [0.4, 0.5) is 0 Å². The summed E-state index contributed by atoms with van der Waals surface area (Å²) in [4.78, 5) is 14.9. The van der Waals surface area contributed by atoms with Gasteiger partial charge < -0.3 is 9.30 Å². The van der Waals surface area contributed by atoms with Crippen molar-refractivity contribution in [3.63, 3.8) is 0 Å². The van der Waals surface area contributed by atoms with Crippen molar-refractivity contribution < 1.29 is 9.53 Å². The molecule has 0 amide bonds. The number of carbonyl (C=O) groups is 1. The molecule has 0 aliphatic rings. The predicted octanol–water partition coefficient (Wildman–Crippen LogP) is 0.778. The molecule has 4 nitrogen and oxygen atoms in total. The molecule has 0 aliphatic carbocycles. The van der Waals surface area contributed by atoms with Gasteiger partial charge in [-0.3, -0.25) is 4.79 Å². The second-order valence-electron chi connectivity index (χ2n) is 2.12. The molecule has 0 fully saturated rings. The highest BCUT2D eigenvalue weighted by Gasteiger charge is 2.05. The van der Waals surface area contributed by atoms with Crippen molar-refractivity contribution in [1.29, 1.82) is 0 Å². The van der Waals surface area contributed by atoms with Crippen LogP contribution in [-0.2, 0) is 16.1 Å². The summed E-state index contributed by atoms with van der Waals surface area (Å²) in [6.45, 7) is 0.229. The largest absolute Gasteiger partial charge is 0.468 e. The van der Waals surface area contributed by atoms with E-state index < -0.39 is 0 Å². The fourth-order valence-corrected chi connectivity index (χ4v) is 1.34. The van der Waals surface area contributed by atoms with E-state index in [0.717, 1.165) is 5.16 Å². The van der Waals surface area contributed by atoms with Gasteiger partial charge in [-0.15, -0.1) is 0 Å². The predicted molar refractivity (Wildman–Crippen MR) is 46.0 cm³/mol. The summed E-state index contributed by atoms with van der Waals surface area (Å²) in [5.41, 5.74) is 0. The van der Waals surface area contributed by atoms with Gasteiger partial charge >= 0.3 is 5.97 Å². The van der Waals surface area contributed by atoms with Crippen molar-refractivity contribution in [2.75, 3.05) is 13.4 Å². The highest BCUT2D eigenvalue weighted by Crippen LogP contribution is 2.10. The van der Waals surface area contributed by atoms with Gasteiger partial charge in [0.05, 0.1) is 7.11 Å². The zero-order valence-electron chi connectivity index (χ0n) is 6.98. The monoisotopic (exact) mass is 186 g/mol. The molecule has 12 heavy (non-hydrogen) atoms. The lowest BCUT2D eigenvalue weighted by Gasteiger charge is -2.02. The summed E-state index contributed by atoms with van der Waals surface area (Å²) in [5, 5.41) is 0.820. The minimum absolute atomic E-state index is 0.229. The fraction of sp³-hybridized carbons (Fsp3) is 0.429. The van der Waals surface area contributed by atoms with Crippen LogP contribution in [0.1, 0.15) is 0 Å². The molecule has 66 valence electrons. The summed E-state index contributed by atoms with van der Waals surface area (Å²) in [6, 6.07) is 0. The average Bonchev–Trinajstić information content (AvgIpc) is 2.51. The van der Waals surface area contributed by atoms with Gasteiger partial charge in [-0.25, -0.2) is 4.98 Å². The van der Waals surface area contributed by atoms with E-state index >= 15 is 0 Å². The van der Waals surface area contributed by atoms with Gasteiger partial charge in [-0.2, -0.15) is 0 Å². The molecule has 0 aromatic carbocycles. The molecular formula is C7H10N2O2S. The quantitative estimate of drug-likeness (QED) is 0.517. The topological polar surface area (TPSA) is 44.1 Å². The Balaban J connectivity index is 2.68. The third-order valence-corrected chi connectivity index (χ3v) is 2.09. The summed E-state index contributed by atoms with van der Waals surface area (Å²) in [7, 11) is 1.37. The molecule has 1 heterocycles. The smallest absolute Gasteiger partial charge is 0.325 e. The van der Waals surface area contributed by atoms with E-state index in [-0.39, 0.29) is 12.5 Å². The Labute approximate surface area is 74.9 Å². The minimum Gasteiger partial charge on any atom is -0.468 e. The first-order valence-electron chi connectivity index (χ1n) is 3.40. The van der Waals surface area contributed by atoms with E-state index in [4.69, 9.17) is 0 Å². The van der Waals surface area contributed by atoms with E-state index in [0.29, 0.717) is 0 Å². The molecule has 1 aromatic heterocycles. The van der Waals surface area contributed by atoms with Crippen LogP contribution in [-0.4, -0.2) is 28.9 Å². The van der Waals surface area contributed by atoms with Crippen LogP contribution >= 0.6 is 11.8 Å². The van der Waals surface area contributed by atoms with Crippen molar-refractivity contribution in [3.05, 3.63) is 12.4 Å². The van der Waals surface area contributed by atoms with Gasteiger partial charge in [-0.1, -0.05) is 11.8 Å². The Kier molecular flexibility index (Phi) is 3.16. The molecule has 0 saturated heterocycles. The van der Waals surface area contributed by atoms with Gasteiger partial charge in [0.2, 0.25) is 0 Å². The van der Waals surface area contributed by atoms with Crippen molar-refractivity contribution in [2.45, 2.75) is 11.7 Å². The first-order chi connectivity index (χ1) is 5.77. The summed E-state index contributed by atoms with van der Waals surface area (Å²) >= 11 is 1.50. The van der Waals surface area contributed by atoms with Crippen LogP contribution in [0.2, 0.25) is 0 Å². The molecule has 0 atom stereocenters. The number of esters is 1. The molecular weight excluding hydrogens is 176 g/mol. The van der Waals surface area contributed by atoms with Gasteiger partial charge in [0.25, 0.3) is 0 Å². The molecule has 0 spiro atoms. The zero-order valence-corrected chi connectivity index (χ0v) is 7.80. The van der Waals surface area contributed by atoms with Gasteiger partial charge in [-0.05, 0) is 6.26 Å². The van der Waals surface area contributed by atoms with Crippen LogP contribution in [0.5, 0.6) is 0 Å². The van der Waals surface area contributed by atoms with E-state index in [2.05, 4.69) is 9.72 Å². The van der Waals surface area contributed by atoms with Gasteiger partial charge in [0, 0.05) is 12.4 Å². The molecule has 5 heteroatoms. The number of ether oxygens (including phenoxy) is 1. The van der Waals surface area contributed by atoms with E-state index in [1.165, 1.54) is 18.9 Å². The molecule has 0 saturated carbocycles. The Hall–Kier alpha value is -0.970. The van der Waals surface area contributed by atoms with Crippen molar-refractivity contribution >= 4 is 17.7 Å². The van der Waals surface area contributed by atoms with Crippen LogP contribution in [0, 0.1) is 0 Å². The van der Waals surface area contributed by atoms with Gasteiger partial charge in [0.15, 0.2) is 5.16 Å². The van der Waals surface area contributed by atoms with Crippen molar-refractivity contribution in [1.82, 2.24) is 9.55 Å². The second-order valence-corrected chi connectivity index (χ2v) is 2.89. The van der Waals surface area contributed by atoms with Gasteiger partial charge in [0.1, 0.15) is 6.54 Å². The lowest BCUT2D eigenvalue weighted by molar-refractivity contribution is -0.141. The molecule has 1 aromatic rings. The number of carbonyl (C=O) groups excluding carboxylic acids is 1. The number of imidazole rings is 1. The van der Waals surface area contributed by atoms with Crippen molar-refractivity contribution in [3.8, 4) is 0 Å². The SMILES string of the molecule is COC(=O)Cn1ccnc1SC. The van der Waals surface area contributed by atoms with Crippen molar-refractivity contribution in [2.24, 2.45) is 0 Å². The Bertz CT molecular complexity index is 272. The number of nitrogens with zero attached hydrogens (tertiary/aromatic N) is 2. The first-order valence-corrected chi connectivity index (χ1v) is 4.62. The lowest BCUT2D eigenvalue weighted by atomic mass is 10.6. The third kappa shape index (κ3) is 2.01. The third-order valence-electron chi connectivity index (χ3n) is 1.39. The Morgan fingerprint density at radius 1 is 1.83 bits per heavy atom. The number of thioether (sulfide) groups is 1. The molecule has 0 radical (unpaired) electrons. The molecule has 1 rings (SSSR count). The number of rotatable bonds is 3. The first kappa shape index (κ1) is 9.12. The standard InChI is InChI=1S/C7H10N2O2S/c1-11-6(10)5-9-4-3-8-7(9)12-2/h3-4H,5H2,1-2H3. The number of hydrogen-bond donors (Lipinski definition) is 0. The maximum absolute atomic E-state index is 10.9. The maximum Gasteiger partial charge on any atom is 0.325 e. The summed E-state index contributed by atoms with van der Waals surface area (Å²) < 4.78 is 6.27. The molecule has 0 unspecified atom stereocenters. The zero-order chi connectivity index (χ0) is 8.97. The lowest BCUT2D eigenvalue weighted by Crippen LogP contribution is -2.11. The molecule has 0 N–H and O–H groups in total.